The SMILES string of the molecule is COCCC(=O)N1CCC(Nc2ncc(C)c(C)n2)CC1. The molecule has 0 spiro atoms. The van der Waals surface area contributed by atoms with Crippen molar-refractivity contribution in [1.29, 1.82) is 0 Å². The number of rotatable bonds is 5. The molecule has 2 heterocycles. The monoisotopic (exact) mass is 292 g/mol. The molecule has 0 saturated carbocycles. The maximum atomic E-state index is 11.9. The number of aromatic nitrogens is 2. The summed E-state index contributed by atoms with van der Waals surface area (Å²) < 4.78 is 4.95. The molecule has 21 heavy (non-hydrogen) atoms. The average molecular weight is 292 g/mol. The maximum Gasteiger partial charge on any atom is 0.224 e. The van der Waals surface area contributed by atoms with E-state index in [0.717, 1.165) is 37.2 Å². The van der Waals surface area contributed by atoms with Crippen LogP contribution < -0.4 is 5.32 Å². The summed E-state index contributed by atoms with van der Waals surface area (Å²) >= 11 is 0. The zero-order valence-electron chi connectivity index (χ0n) is 13.1. The first kappa shape index (κ1) is 15.7. The summed E-state index contributed by atoms with van der Waals surface area (Å²) in [5.41, 5.74) is 2.10. The third kappa shape index (κ3) is 4.39. The van der Waals surface area contributed by atoms with Crippen molar-refractivity contribution < 1.29 is 9.53 Å². The molecule has 1 aliphatic rings. The minimum atomic E-state index is 0.178. The lowest BCUT2D eigenvalue weighted by atomic mass is 10.0. The Bertz CT molecular complexity index is 485. The Morgan fingerprint density at radius 1 is 1.43 bits per heavy atom. The smallest absolute Gasteiger partial charge is 0.224 e. The molecule has 1 N–H and O–H groups in total. The number of carbonyl (C=O) groups is 1. The van der Waals surface area contributed by atoms with Crippen LogP contribution >= 0.6 is 0 Å². The number of nitrogens with zero attached hydrogens (tertiary/aromatic N) is 3. The Morgan fingerprint density at radius 2 is 2.14 bits per heavy atom. The summed E-state index contributed by atoms with van der Waals surface area (Å²) in [6, 6.07) is 0.332. The van der Waals surface area contributed by atoms with Gasteiger partial charge in [-0.1, -0.05) is 0 Å². The molecule has 0 bridgehead atoms. The first-order valence-electron chi connectivity index (χ1n) is 7.43. The van der Waals surface area contributed by atoms with Gasteiger partial charge in [-0.05, 0) is 32.3 Å². The molecule has 2 rings (SSSR count). The number of ether oxygens (including phenoxy) is 1. The van der Waals surface area contributed by atoms with Crippen molar-refractivity contribution in [2.45, 2.75) is 39.2 Å². The van der Waals surface area contributed by atoms with Crippen molar-refractivity contribution in [3.63, 3.8) is 0 Å². The normalized spacial score (nSPS) is 16.0. The lowest BCUT2D eigenvalue weighted by molar-refractivity contribution is -0.133. The van der Waals surface area contributed by atoms with E-state index in [1.165, 1.54) is 0 Å². The maximum absolute atomic E-state index is 11.9. The fraction of sp³-hybridized carbons (Fsp3) is 0.667. The molecule has 1 amide bonds. The van der Waals surface area contributed by atoms with Crippen LogP contribution in [0, 0.1) is 13.8 Å². The molecule has 0 aliphatic carbocycles. The Kier molecular flexibility index (Phi) is 5.50. The van der Waals surface area contributed by atoms with E-state index in [9.17, 15) is 4.79 Å². The number of hydrogen-bond acceptors (Lipinski definition) is 5. The van der Waals surface area contributed by atoms with Gasteiger partial charge in [0.15, 0.2) is 0 Å². The van der Waals surface area contributed by atoms with Gasteiger partial charge < -0.3 is 15.0 Å². The molecule has 6 nitrogen and oxygen atoms in total. The standard InChI is InChI=1S/C15H24N4O2/c1-11-10-16-15(17-12(11)2)18-13-4-7-19(8-5-13)14(20)6-9-21-3/h10,13H,4-9H2,1-3H3,(H,16,17,18). The van der Waals surface area contributed by atoms with Crippen LogP contribution in [-0.2, 0) is 9.53 Å². The molecule has 6 heteroatoms. The van der Waals surface area contributed by atoms with Crippen LogP contribution in [0.4, 0.5) is 5.95 Å². The zero-order valence-corrected chi connectivity index (χ0v) is 13.1. The lowest BCUT2D eigenvalue weighted by Gasteiger charge is -2.32. The summed E-state index contributed by atoms with van der Waals surface area (Å²) in [6.07, 6.45) is 4.16. The first-order chi connectivity index (χ1) is 10.1. The van der Waals surface area contributed by atoms with E-state index >= 15 is 0 Å². The summed E-state index contributed by atoms with van der Waals surface area (Å²) in [4.78, 5) is 22.6. The zero-order chi connectivity index (χ0) is 15.2. The van der Waals surface area contributed by atoms with E-state index < -0.39 is 0 Å². The predicted octanol–water partition coefficient (Wildman–Crippen LogP) is 1.53. The highest BCUT2D eigenvalue weighted by atomic mass is 16.5. The van der Waals surface area contributed by atoms with Crippen LogP contribution in [0.15, 0.2) is 6.20 Å². The van der Waals surface area contributed by atoms with E-state index in [0.29, 0.717) is 25.0 Å². The van der Waals surface area contributed by atoms with Gasteiger partial charge in [-0.25, -0.2) is 9.97 Å². The number of piperidine rings is 1. The van der Waals surface area contributed by atoms with Gasteiger partial charge in [0.25, 0.3) is 0 Å². The number of methoxy groups -OCH3 is 1. The van der Waals surface area contributed by atoms with E-state index in [1.807, 2.05) is 24.9 Å². The average Bonchev–Trinajstić information content (AvgIpc) is 2.49. The topological polar surface area (TPSA) is 67.3 Å². The van der Waals surface area contributed by atoms with E-state index in [4.69, 9.17) is 4.74 Å². The minimum absolute atomic E-state index is 0.178. The van der Waals surface area contributed by atoms with Crippen LogP contribution in [0.2, 0.25) is 0 Å². The van der Waals surface area contributed by atoms with Crippen molar-refractivity contribution in [1.82, 2.24) is 14.9 Å². The second kappa shape index (κ2) is 7.36. The molecular formula is C15H24N4O2. The highest BCUT2D eigenvalue weighted by Crippen LogP contribution is 2.15. The Balaban J connectivity index is 1.81. The fourth-order valence-corrected chi connectivity index (χ4v) is 2.40. The number of hydrogen-bond donors (Lipinski definition) is 1. The summed E-state index contributed by atoms with van der Waals surface area (Å²) in [5.74, 6) is 0.861. The minimum Gasteiger partial charge on any atom is -0.384 e. The van der Waals surface area contributed by atoms with Gasteiger partial charge in [-0.3, -0.25) is 4.79 Å². The van der Waals surface area contributed by atoms with Crippen LogP contribution in [0.1, 0.15) is 30.5 Å². The number of carbonyl (C=O) groups excluding carboxylic acids is 1. The molecule has 1 aromatic heterocycles. The third-order valence-electron chi connectivity index (χ3n) is 3.93. The van der Waals surface area contributed by atoms with Gasteiger partial charge >= 0.3 is 0 Å². The number of aryl methyl sites for hydroxylation is 2. The summed E-state index contributed by atoms with van der Waals surface area (Å²) in [7, 11) is 1.62. The Hall–Kier alpha value is -1.69. The van der Waals surface area contributed by atoms with Crippen LogP contribution in [0.3, 0.4) is 0 Å². The number of nitrogens with one attached hydrogen (secondary N) is 1. The van der Waals surface area contributed by atoms with E-state index in [2.05, 4.69) is 15.3 Å². The molecule has 0 unspecified atom stereocenters. The van der Waals surface area contributed by atoms with Crippen LogP contribution in [0.25, 0.3) is 0 Å². The molecule has 1 fully saturated rings. The number of likely N-dealkylation sites (tertiary alicyclic amines) is 1. The highest BCUT2D eigenvalue weighted by molar-refractivity contribution is 5.76. The van der Waals surface area contributed by atoms with Crippen molar-refractivity contribution in [3.05, 3.63) is 17.5 Å². The largest absolute Gasteiger partial charge is 0.384 e. The second-order valence-corrected chi connectivity index (χ2v) is 5.50. The van der Waals surface area contributed by atoms with Gasteiger partial charge in [0, 0.05) is 38.1 Å². The first-order valence-corrected chi connectivity index (χ1v) is 7.43. The molecule has 0 aromatic carbocycles. The van der Waals surface area contributed by atoms with Crippen molar-refractivity contribution in [2.75, 3.05) is 32.1 Å². The Labute approximate surface area is 125 Å². The number of amides is 1. The van der Waals surface area contributed by atoms with Gasteiger partial charge in [0.2, 0.25) is 11.9 Å². The van der Waals surface area contributed by atoms with Crippen molar-refractivity contribution in [3.8, 4) is 0 Å². The second-order valence-electron chi connectivity index (χ2n) is 5.50. The van der Waals surface area contributed by atoms with Crippen LogP contribution in [-0.4, -0.2) is 53.6 Å². The van der Waals surface area contributed by atoms with Crippen molar-refractivity contribution in [2.24, 2.45) is 0 Å². The number of anilines is 1. The summed E-state index contributed by atoms with van der Waals surface area (Å²) in [6.45, 7) is 6.05. The lowest BCUT2D eigenvalue weighted by Crippen LogP contribution is -2.42. The molecule has 1 saturated heterocycles. The van der Waals surface area contributed by atoms with E-state index in [-0.39, 0.29) is 5.91 Å². The summed E-state index contributed by atoms with van der Waals surface area (Å²) in [5, 5.41) is 3.37. The van der Waals surface area contributed by atoms with Crippen molar-refractivity contribution >= 4 is 11.9 Å². The van der Waals surface area contributed by atoms with Gasteiger partial charge in [0.05, 0.1) is 13.0 Å². The van der Waals surface area contributed by atoms with Gasteiger partial charge in [-0.2, -0.15) is 0 Å². The van der Waals surface area contributed by atoms with Crippen LogP contribution in [0.5, 0.6) is 0 Å². The quantitative estimate of drug-likeness (QED) is 0.891. The van der Waals surface area contributed by atoms with E-state index in [1.54, 1.807) is 7.11 Å². The van der Waals surface area contributed by atoms with Gasteiger partial charge in [-0.15, -0.1) is 0 Å². The molecular weight excluding hydrogens is 268 g/mol. The third-order valence-corrected chi connectivity index (χ3v) is 3.93. The molecule has 1 aliphatic heterocycles. The molecule has 116 valence electrons. The fourth-order valence-electron chi connectivity index (χ4n) is 2.40. The molecule has 1 aromatic rings. The predicted molar refractivity (Wildman–Crippen MR) is 81.2 cm³/mol. The molecule has 0 atom stereocenters. The molecule has 0 radical (unpaired) electrons. The Morgan fingerprint density at radius 3 is 2.76 bits per heavy atom. The van der Waals surface area contributed by atoms with Gasteiger partial charge in [0.1, 0.15) is 0 Å². The highest BCUT2D eigenvalue weighted by Gasteiger charge is 2.22.